The molecule has 202 valence electrons. The van der Waals surface area contributed by atoms with Crippen LogP contribution in [0.1, 0.15) is 125 Å². The summed E-state index contributed by atoms with van der Waals surface area (Å²) in [5.74, 6) is 0.0747. The summed E-state index contributed by atoms with van der Waals surface area (Å²) in [7, 11) is 0. The Morgan fingerprint density at radius 2 is 1.31 bits per heavy atom. The number of rotatable bonds is 22. The number of amides is 1. The highest BCUT2D eigenvalue weighted by molar-refractivity contribution is 7.99. The van der Waals surface area contributed by atoms with E-state index in [0.717, 1.165) is 50.7 Å². The van der Waals surface area contributed by atoms with E-state index in [1.54, 1.807) is 11.8 Å². The fraction of sp³-hybridized carbons (Fsp3) is 0.733. The van der Waals surface area contributed by atoms with Gasteiger partial charge in [0, 0.05) is 17.9 Å². The Kier molecular flexibility index (Phi) is 22.0. The van der Waals surface area contributed by atoms with Gasteiger partial charge in [-0.2, -0.15) is 11.8 Å². The molecule has 0 aliphatic carbocycles. The minimum atomic E-state index is -0.952. The minimum absolute atomic E-state index is 0.139. The van der Waals surface area contributed by atoms with E-state index in [1.807, 2.05) is 0 Å². The Labute approximate surface area is 220 Å². The molecule has 0 unspecified atom stereocenters. The molecule has 0 bridgehead atoms. The fourth-order valence-electron chi connectivity index (χ4n) is 3.76. The normalized spacial score (nSPS) is 12.9. The first kappa shape index (κ1) is 33.5. The summed E-state index contributed by atoms with van der Waals surface area (Å²) in [5.41, 5.74) is 4.14. The second-order valence-corrected chi connectivity index (χ2v) is 11.1. The molecule has 0 saturated heterocycles. The zero-order valence-electron chi connectivity index (χ0n) is 23.3. The minimum Gasteiger partial charge on any atom is -0.480 e. The van der Waals surface area contributed by atoms with Crippen LogP contribution < -0.4 is 5.32 Å². The summed E-state index contributed by atoms with van der Waals surface area (Å²) in [6, 6.07) is -0.814. The standard InChI is InChI=1S/C30H53NO3S/c1-6-7-8-9-10-11-12-13-14-21-29(32)31-28(30(33)34)24-35-23-22-27(5)20-16-19-26(4)18-15-17-25(2)3/h17,19,22,28H,6-16,18,20-21,23-24H2,1-5H3,(H,31,32)(H,33,34)/b26-19+,27-22+/t28-/m0/s1. The predicted octanol–water partition coefficient (Wildman–Crippen LogP) is 8.63. The van der Waals surface area contributed by atoms with Crippen LogP contribution in [0.25, 0.3) is 0 Å². The number of hydrogen-bond acceptors (Lipinski definition) is 3. The summed E-state index contributed by atoms with van der Waals surface area (Å²) in [6.07, 6.45) is 22.3. The lowest BCUT2D eigenvalue weighted by atomic mass is 10.1. The molecular formula is C30H53NO3S. The SMILES string of the molecule is CCCCCCCCCCCC(=O)N[C@@H](CSC/C=C(\C)CC/C=C(\C)CCC=C(C)C)C(=O)O. The Hall–Kier alpha value is -1.49. The number of thioether (sulfide) groups is 1. The van der Waals surface area contributed by atoms with E-state index in [1.165, 1.54) is 55.2 Å². The Bertz CT molecular complexity index is 663. The maximum atomic E-state index is 12.2. The molecule has 1 atom stereocenters. The van der Waals surface area contributed by atoms with Crippen LogP contribution in [0.3, 0.4) is 0 Å². The van der Waals surface area contributed by atoms with Crippen molar-refractivity contribution in [3.63, 3.8) is 0 Å². The number of carboxylic acids is 1. The first-order valence-electron chi connectivity index (χ1n) is 13.8. The van der Waals surface area contributed by atoms with Gasteiger partial charge < -0.3 is 10.4 Å². The molecule has 0 aromatic carbocycles. The van der Waals surface area contributed by atoms with E-state index in [-0.39, 0.29) is 5.91 Å². The van der Waals surface area contributed by atoms with E-state index in [2.05, 4.69) is 58.2 Å². The highest BCUT2D eigenvalue weighted by Crippen LogP contribution is 2.14. The van der Waals surface area contributed by atoms with Crippen molar-refractivity contribution in [1.82, 2.24) is 5.32 Å². The molecule has 0 aliphatic rings. The van der Waals surface area contributed by atoms with Crippen LogP contribution in [0.15, 0.2) is 34.9 Å². The van der Waals surface area contributed by atoms with Crippen LogP contribution in [0.5, 0.6) is 0 Å². The molecule has 1 amide bonds. The van der Waals surface area contributed by atoms with Gasteiger partial charge in [0.15, 0.2) is 0 Å². The number of allylic oxidation sites excluding steroid dienone is 5. The highest BCUT2D eigenvalue weighted by Gasteiger charge is 2.19. The summed E-state index contributed by atoms with van der Waals surface area (Å²) in [4.78, 5) is 23.7. The smallest absolute Gasteiger partial charge is 0.327 e. The molecule has 35 heavy (non-hydrogen) atoms. The Morgan fingerprint density at radius 1 is 0.771 bits per heavy atom. The first-order valence-corrected chi connectivity index (χ1v) is 15.0. The van der Waals surface area contributed by atoms with Crippen molar-refractivity contribution in [3.8, 4) is 0 Å². The van der Waals surface area contributed by atoms with Crippen molar-refractivity contribution in [2.75, 3.05) is 11.5 Å². The van der Waals surface area contributed by atoms with Gasteiger partial charge in [-0.15, -0.1) is 0 Å². The van der Waals surface area contributed by atoms with Crippen LogP contribution in [0.2, 0.25) is 0 Å². The summed E-state index contributed by atoms with van der Waals surface area (Å²) in [6.45, 7) is 10.8. The van der Waals surface area contributed by atoms with Gasteiger partial charge in [0.05, 0.1) is 0 Å². The number of carbonyl (C=O) groups is 2. The third kappa shape index (κ3) is 22.7. The zero-order valence-corrected chi connectivity index (χ0v) is 24.1. The molecule has 0 fully saturated rings. The van der Waals surface area contributed by atoms with E-state index >= 15 is 0 Å². The molecule has 5 heteroatoms. The number of aliphatic carboxylic acids is 1. The zero-order chi connectivity index (χ0) is 26.3. The second kappa shape index (κ2) is 22.9. The quantitative estimate of drug-likeness (QED) is 0.114. The van der Waals surface area contributed by atoms with Crippen LogP contribution in [-0.4, -0.2) is 34.5 Å². The molecule has 0 heterocycles. The summed E-state index contributed by atoms with van der Waals surface area (Å²) >= 11 is 1.56. The number of nitrogens with one attached hydrogen (secondary N) is 1. The van der Waals surface area contributed by atoms with Crippen LogP contribution in [0, 0.1) is 0 Å². The lowest BCUT2D eigenvalue weighted by Crippen LogP contribution is -2.42. The fourth-order valence-corrected chi connectivity index (χ4v) is 4.76. The number of carboxylic acid groups (broad SMARTS) is 1. The number of carbonyl (C=O) groups excluding carboxylic acids is 1. The van der Waals surface area contributed by atoms with Crippen molar-refractivity contribution in [3.05, 3.63) is 34.9 Å². The molecule has 0 aromatic heterocycles. The van der Waals surface area contributed by atoms with Gasteiger partial charge in [-0.1, -0.05) is 93.2 Å². The molecule has 0 saturated carbocycles. The average molecular weight is 508 g/mol. The monoisotopic (exact) mass is 507 g/mol. The summed E-state index contributed by atoms with van der Waals surface area (Å²) < 4.78 is 0. The molecule has 4 nitrogen and oxygen atoms in total. The lowest BCUT2D eigenvalue weighted by molar-refractivity contribution is -0.141. The van der Waals surface area contributed by atoms with Gasteiger partial charge in [0.2, 0.25) is 5.91 Å². The Balaban J connectivity index is 4.04. The molecule has 0 spiro atoms. The van der Waals surface area contributed by atoms with Gasteiger partial charge >= 0.3 is 5.97 Å². The van der Waals surface area contributed by atoms with Crippen molar-refractivity contribution in [1.29, 1.82) is 0 Å². The third-order valence-electron chi connectivity index (χ3n) is 6.10. The van der Waals surface area contributed by atoms with Gasteiger partial charge in [-0.3, -0.25) is 4.79 Å². The average Bonchev–Trinajstić information content (AvgIpc) is 2.79. The number of unbranched alkanes of at least 4 members (excludes halogenated alkanes) is 8. The van der Waals surface area contributed by atoms with E-state index in [0.29, 0.717) is 12.2 Å². The van der Waals surface area contributed by atoms with Crippen molar-refractivity contribution >= 4 is 23.6 Å². The van der Waals surface area contributed by atoms with Crippen molar-refractivity contribution < 1.29 is 14.7 Å². The van der Waals surface area contributed by atoms with Crippen molar-refractivity contribution in [2.24, 2.45) is 0 Å². The van der Waals surface area contributed by atoms with E-state index in [9.17, 15) is 14.7 Å². The van der Waals surface area contributed by atoms with Crippen molar-refractivity contribution in [2.45, 2.75) is 131 Å². The maximum Gasteiger partial charge on any atom is 0.327 e. The first-order chi connectivity index (χ1) is 16.8. The molecular weight excluding hydrogens is 454 g/mol. The molecule has 0 rings (SSSR count). The highest BCUT2D eigenvalue weighted by atomic mass is 32.2. The van der Waals surface area contributed by atoms with Gasteiger partial charge in [-0.25, -0.2) is 4.79 Å². The van der Waals surface area contributed by atoms with Gasteiger partial charge in [0.25, 0.3) is 0 Å². The van der Waals surface area contributed by atoms with Gasteiger partial charge in [0.1, 0.15) is 6.04 Å². The Morgan fingerprint density at radius 3 is 1.89 bits per heavy atom. The predicted molar refractivity (Wildman–Crippen MR) is 154 cm³/mol. The van der Waals surface area contributed by atoms with Gasteiger partial charge in [-0.05, 0) is 59.8 Å². The van der Waals surface area contributed by atoms with E-state index < -0.39 is 12.0 Å². The number of hydrogen-bond donors (Lipinski definition) is 2. The van der Waals surface area contributed by atoms with Crippen LogP contribution in [-0.2, 0) is 9.59 Å². The van der Waals surface area contributed by atoms with E-state index in [4.69, 9.17) is 0 Å². The largest absolute Gasteiger partial charge is 0.480 e. The second-order valence-electron chi connectivity index (χ2n) is 10.0. The topological polar surface area (TPSA) is 66.4 Å². The maximum absolute atomic E-state index is 12.2. The van der Waals surface area contributed by atoms with Crippen LogP contribution >= 0.6 is 11.8 Å². The molecule has 0 radical (unpaired) electrons. The molecule has 2 N–H and O–H groups in total. The lowest BCUT2D eigenvalue weighted by Gasteiger charge is -2.14. The third-order valence-corrected chi connectivity index (χ3v) is 7.07. The molecule has 0 aromatic rings. The van der Waals surface area contributed by atoms with Crippen LogP contribution in [0.4, 0.5) is 0 Å². The molecule has 0 aliphatic heterocycles. The summed E-state index contributed by atoms with van der Waals surface area (Å²) in [5, 5.41) is 12.2.